The Kier molecular flexibility index (Phi) is 7.25. The molecular weight excluding hydrogens is 368 g/mol. The molecule has 1 heterocycles. The summed E-state index contributed by atoms with van der Waals surface area (Å²) in [5.41, 5.74) is 1.74. The molecule has 1 N–H and O–H groups in total. The van der Waals surface area contributed by atoms with Gasteiger partial charge in [0.2, 0.25) is 0 Å². The summed E-state index contributed by atoms with van der Waals surface area (Å²) < 4.78 is 5.79. The van der Waals surface area contributed by atoms with Gasteiger partial charge >= 0.3 is 5.97 Å². The second-order valence-corrected chi connectivity index (χ2v) is 7.48. The molecule has 29 heavy (non-hydrogen) atoms. The molecule has 6 nitrogen and oxygen atoms in total. The van der Waals surface area contributed by atoms with Gasteiger partial charge in [0.1, 0.15) is 12.4 Å². The smallest absolute Gasteiger partial charge is 0.317 e. The Morgan fingerprint density at radius 3 is 2.48 bits per heavy atom. The third-order valence-electron chi connectivity index (χ3n) is 5.34. The zero-order valence-corrected chi connectivity index (χ0v) is 16.8. The van der Waals surface area contributed by atoms with E-state index >= 15 is 0 Å². The number of rotatable bonds is 7. The van der Waals surface area contributed by atoms with Crippen LogP contribution in [0.25, 0.3) is 0 Å². The number of nitrogens with zero attached hydrogens (tertiary/aromatic N) is 2. The number of likely N-dealkylation sites (N-methyl/N-ethyl adjacent to an activating group) is 1. The molecule has 1 saturated heterocycles. The quantitative estimate of drug-likeness (QED) is 0.778. The standard InChI is InChI=1S/C23H28N2O4/c1-24(16-22(26)27)20-8-5-14-25(15-13-20)23(28)19-9-11-21(12-10-19)29-17-18-6-3-2-4-7-18/h2-4,6-7,9-12,20H,5,8,13-17H2,1H3,(H,26,27). The SMILES string of the molecule is CN(CC(=O)O)C1CCCN(C(=O)c2ccc(OCc3ccccc3)cc2)CC1. The number of carboxylic acid groups (broad SMARTS) is 1. The van der Waals surface area contributed by atoms with Crippen LogP contribution in [-0.4, -0.2) is 59.5 Å². The van der Waals surface area contributed by atoms with Crippen molar-refractivity contribution in [2.45, 2.75) is 31.9 Å². The van der Waals surface area contributed by atoms with Gasteiger partial charge in [-0.1, -0.05) is 30.3 Å². The first kappa shape index (κ1) is 20.9. The van der Waals surface area contributed by atoms with Gasteiger partial charge < -0.3 is 14.7 Å². The van der Waals surface area contributed by atoms with E-state index in [1.807, 2.05) is 71.4 Å². The molecule has 6 heteroatoms. The Morgan fingerprint density at radius 1 is 1.07 bits per heavy atom. The molecule has 3 rings (SSSR count). The highest BCUT2D eigenvalue weighted by Crippen LogP contribution is 2.19. The van der Waals surface area contributed by atoms with Crippen molar-refractivity contribution in [2.75, 3.05) is 26.7 Å². The third-order valence-corrected chi connectivity index (χ3v) is 5.34. The fourth-order valence-corrected chi connectivity index (χ4v) is 3.68. The van der Waals surface area contributed by atoms with Gasteiger partial charge in [-0.05, 0) is 56.1 Å². The number of likely N-dealkylation sites (tertiary alicyclic amines) is 1. The minimum atomic E-state index is -0.820. The molecule has 0 aliphatic carbocycles. The van der Waals surface area contributed by atoms with Crippen molar-refractivity contribution in [1.29, 1.82) is 0 Å². The largest absolute Gasteiger partial charge is 0.489 e. The molecule has 1 fully saturated rings. The lowest BCUT2D eigenvalue weighted by Crippen LogP contribution is -2.37. The summed E-state index contributed by atoms with van der Waals surface area (Å²) in [5, 5.41) is 8.98. The van der Waals surface area contributed by atoms with Gasteiger partial charge in [-0.25, -0.2) is 0 Å². The van der Waals surface area contributed by atoms with E-state index in [0.717, 1.165) is 30.6 Å². The van der Waals surface area contributed by atoms with Crippen molar-refractivity contribution < 1.29 is 19.4 Å². The van der Waals surface area contributed by atoms with Gasteiger partial charge in [-0.2, -0.15) is 0 Å². The molecule has 1 aliphatic rings. The molecule has 0 radical (unpaired) electrons. The molecule has 1 amide bonds. The van der Waals surface area contributed by atoms with Crippen molar-refractivity contribution >= 4 is 11.9 Å². The highest BCUT2D eigenvalue weighted by Gasteiger charge is 2.24. The monoisotopic (exact) mass is 396 g/mol. The van der Waals surface area contributed by atoms with Crippen LogP contribution in [0.3, 0.4) is 0 Å². The lowest BCUT2D eigenvalue weighted by atomic mass is 10.1. The van der Waals surface area contributed by atoms with Crippen molar-refractivity contribution in [3.05, 3.63) is 65.7 Å². The van der Waals surface area contributed by atoms with E-state index in [0.29, 0.717) is 25.3 Å². The van der Waals surface area contributed by atoms with Crippen molar-refractivity contribution in [3.63, 3.8) is 0 Å². The van der Waals surface area contributed by atoms with E-state index in [4.69, 9.17) is 9.84 Å². The first-order chi connectivity index (χ1) is 14.0. The zero-order chi connectivity index (χ0) is 20.6. The topological polar surface area (TPSA) is 70.1 Å². The molecule has 0 saturated carbocycles. The van der Waals surface area contributed by atoms with Crippen LogP contribution < -0.4 is 4.74 Å². The second kappa shape index (κ2) is 10.1. The Bertz CT molecular complexity index is 807. The Labute approximate surface area is 171 Å². The summed E-state index contributed by atoms with van der Waals surface area (Å²) in [6.07, 6.45) is 2.56. The summed E-state index contributed by atoms with van der Waals surface area (Å²) in [6.45, 7) is 1.86. The van der Waals surface area contributed by atoms with Gasteiger partial charge in [-0.15, -0.1) is 0 Å². The number of carbonyl (C=O) groups excluding carboxylic acids is 1. The molecule has 154 valence electrons. The zero-order valence-electron chi connectivity index (χ0n) is 16.8. The average Bonchev–Trinajstić information content (AvgIpc) is 2.99. The molecule has 1 unspecified atom stereocenters. The van der Waals surface area contributed by atoms with E-state index in [-0.39, 0.29) is 18.5 Å². The first-order valence-electron chi connectivity index (χ1n) is 10.0. The van der Waals surface area contributed by atoms with Crippen LogP contribution in [0.2, 0.25) is 0 Å². The minimum Gasteiger partial charge on any atom is -0.489 e. The number of carbonyl (C=O) groups is 2. The maximum absolute atomic E-state index is 12.9. The molecule has 1 aliphatic heterocycles. The predicted molar refractivity (Wildman–Crippen MR) is 111 cm³/mol. The van der Waals surface area contributed by atoms with Crippen LogP contribution in [-0.2, 0) is 11.4 Å². The second-order valence-electron chi connectivity index (χ2n) is 7.48. The lowest BCUT2D eigenvalue weighted by Gasteiger charge is -2.25. The lowest BCUT2D eigenvalue weighted by molar-refractivity contribution is -0.138. The molecule has 2 aromatic carbocycles. The molecule has 0 aromatic heterocycles. The Morgan fingerprint density at radius 2 is 1.79 bits per heavy atom. The minimum absolute atomic E-state index is 0.0150. The number of hydrogen-bond acceptors (Lipinski definition) is 4. The third kappa shape index (κ3) is 6.06. The molecule has 2 aromatic rings. The summed E-state index contributed by atoms with van der Waals surface area (Å²) in [4.78, 5) is 27.5. The number of ether oxygens (including phenoxy) is 1. The summed E-state index contributed by atoms with van der Waals surface area (Å²) >= 11 is 0. The van der Waals surface area contributed by atoms with Gasteiger partial charge in [0.25, 0.3) is 5.91 Å². The highest BCUT2D eigenvalue weighted by molar-refractivity contribution is 5.94. The molecule has 0 bridgehead atoms. The van der Waals surface area contributed by atoms with Crippen molar-refractivity contribution in [3.8, 4) is 5.75 Å². The maximum atomic E-state index is 12.9. The fraction of sp³-hybridized carbons (Fsp3) is 0.391. The normalized spacial score (nSPS) is 17.0. The Hall–Kier alpha value is -2.86. The van der Waals surface area contributed by atoms with Crippen molar-refractivity contribution in [1.82, 2.24) is 9.80 Å². The van der Waals surface area contributed by atoms with E-state index in [1.165, 1.54) is 0 Å². The summed E-state index contributed by atoms with van der Waals surface area (Å²) in [7, 11) is 1.84. The highest BCUT2D eigenvalue weighted by atomic mass is 16.5. The molecule has 1 atom stereocenters. The van der Waals surface area contributed by atoms with Crippen molar-refractivity contribution in [2.24, 2.45) is 0 Å². The van der Waals surface area contributed by atoms with Gasteiger partial charge in [0.05, 0.1) is 6.54 Å². The molecule has 0 spiro atoms. The summed E-state index contributed by atoms with van der Waals surface area (Å²) in [6, 6.07) is 17.4. The Balaban J connectivity index is 1.54. The van der Waals surface area contributed by atoms with E-state index < -0.39 is 5.97 Å². The van der Waals surface area contributed by atoms with Crippen LogP contribution in [0.1, 0.15) is 35.2 Å². The van der Waals surface area contributed by atoms with Gasteiger partial charge in [-0.3, -0.25) is 14.5 Å². The van der Waals surface area contributed by atoms with E-state index in [9.17, 15) is 9.59 Å². The van der Waals surface area contributed by atoms with Crippen LogP contribution >= 0.6 is 0 Å². The molecular formula is C23H28N2O4. The van der Waals surface area contributed by atoms with E-state index in [1.54, 1.807) is 0 Å². The van der Waals surface area contributed by atoms with Crippen LogP contribution in [0.5, 0.6) is 5.75 Å². The van der Waals surface area contributed by atoms with E-state index in [2.05, 4.69) is 0 Å². The first-order valence-corrected chi connectivity index (χ1v) is 10.0. The number of benzene rings is 2. The van der Waals surface area contributed by atoms with Gasteiger partial charge in [0, 0.05) is 24.7 Å². The fourth-order valence-electron chi connectivity index (χ4n) is 3.68. The predicted octanol–water partition coefficient (Wildman–Crippen LogP) is 3.28. The van der Waals surface area contributed by atoms with Crippen LogP contribution in [0.15, 0.2) is 54.6 Å². The summed E-state index contributed by atoms with van der Waals surface area (Å²) in [5.74, 6) is -0.0722. The number of carboxylic acids is 1. The number of hydrogen-bond donors (Lipinski definition) is 1. The number of aliphatic carboxylic acids is 1. The average molecular weight is 396 g/mol. The van der Waals surface area contributed by atoms with Crippen LogP contribution in [0.4, 0.5) is 0 Å². The van der Waals surface area contributed by atoms with Gasteiger partial charge in [0.15, 0.2) is 0 Å². The number of amides is 1. The maximum Gasteiger partial charge on any atom is 0.317 e. The van der Waals surface area contributed by atoms with Crippen LogP contribution in [0, 0.1) is 0 Å².